The van der Waals surface area contributed by atoms with Crippen LogP contribution < -0.4 is 4.74 Å². The molecule has 3 aromatic carbocycles. The number of aryl methyl sites for hydroxylation is 1. The molecule has 1 amide bonds. The quantitative estimate of drug-likeness (QED) is 0.264. The Morgan fingerprint density at radius 1 is 1.03 bits per heavy atom. The van der Waals surface area contributed by atoms with Gasteiger partial charge in [-0.05, 0) is 48.0 Å². The van der Waals surface area contributed by atoms with Crippen molar-refractivity contribution in [1.29, 1.82) is 5.41 Å². The summed E-state index contributed by atoms with van der Waals surface area (Å²) in [6.45, 7) is 3.18. The number of fused-ring (bicyclic) bond motifs is 2. The van der Waals surface area contributed by atoms with Crippen LogP contribution >= 0.6 is 23.5 Å². The number of benzene rings is 3. The third kappa shape index (κ3) is 5.28. The molecule has 0 radical (unpaired) electrons. The second kappa shape index (κ2) is 11.0. The number of carbonyl (C=O) groups is 1. The summed E-state index contributed by atoms with van der Waals surface area (Å²) in [5.41, 5.74) is 4.38. The molecule has 0 unspecified atom stereocenters. The molecule has 194 valence electrons. The molecule has 0 saturated carbocycles. The Balaban J connectivity index is 1.22. The van der Waals surface area contributed by atoms with E-state index >= 15 is 0 Å². The minimum absolute atomic E-state index is 0.0347. The van der Waals surface area contributed by atoms with Gasteiger partial charge in [0, 0.05) is 28.4 Å². The molecular weight excluding hydrogens is 526 g/mol. The fourth-order valence-electron chi connectivity index (χ4n) is 4.46. The van der Waals surface area contributed by atoms with Gasteiger partial charge in [0.15, 0.2) is 10.2 Å². The van der Waals surface area contributed by atoms with E-state index in [0.717, 1.165) is 37.9 Å². The van der Waals surface area contributed by atoms with E-state index in [9.17, 15) is 4.79 Å². The first-order valence-electron chi connectivity index (χ1n) is 12.5. The molecule has 7 nitrogen and oxygen atoms in total. The minimum atomic E-state index is -0.428. The van der Waals surface area contributed by atoms with E-state index in [-0.39, 0.29) is 11.4 Å². The van der Waals surface area contributed by atoms with E-state index < -0.39 is 5.91 Å². The van der Waals surface area contributed by atoms with Crippen LogP contribution in [0.1, 0.15) is 16.7 Å². The summed E-state index contributed by atoms with van der Waals surface area (Å²) >= 11 is 2.90. The standard InChI is InChI=1S/C30H25N5O2S2/c1-20-9-5-8-14-26(20)37-16-15-34-18-22(23-12-6-7-13-25(23)34)17-24-27(31)35-29(32-28(24)36)39-30(33-35)38-19-21-10-3-2-4-11-21/h2-14,17-18,31H,15-16,19H2,1H3. The van der Waals surface area contributed by atoms with Gasteiger partial charge in [-0.15, -0.1) is 5.10 Å². The van der Waals surface area contributed by atoms with Gasteiger partial charge in [0.2, 0.25) is 5.17 Å². The Hall–Kier alpha value is -4.08. The van der Waals surface area contributed by atoms with Crippen molar-refractivity contribution < 1.29 is 9.53 Å². The minimum Gasteiger partial charge on any atom is -0.491 e. The van der Waals surface area contributed by atoms with Gasteiger partial charge in [0.1, 0.15) is 12.4 Å². The van der Waals surface area contributed by atoms with E-state index in [0.29, 0.717) is 18.3 Å². The number of para-hydroxylation sites is 2. The summed E-state index contributed by atoms with van der Waals surface area (Å²) in [5.74, 6) is 1.23. The molecular formula is C30H25N5O2S2. The Morgan fingerprint density at radius 2 is 1.79 bits per heavy atom. The lowest BCUT2D eigenvalue weighted by molar-refractivity contribution is -0.114. The maximum absolute atomic E-state index is 13.0. The van der Waals surface area contributed by atoms with Crippen molar-refractivity contribution in [1.82, 2.24) is 9.58 Å². The highest BCUT2D eigenvalue weighted by atomic mass is 32.2. The molecule has 0 saturated heterocycles. The number of hydrazone groups is 1. The average Bonchev–Trinajstić information content (AvgIpc) is 3.53. The number of carbonyl (C=O) groups excluding carboxylic acids is 1. The largest absolute Gasteiger partial charge is 0.491 e. The zero-order valence-electron chi connectivity index (χ0n) is 21.2. The highest BCUT2D eigenvalue weighted by molar-refractivity contribution is 8.45. The number of amidine groups is 2. The molecule has 2 aliphatic rings. The summed E-state index contributed by atoms with van der Waals surface area (Å²) in [6.07, 6.45) is 3.75. The van der Waals surface area contributed by atoms with Crippen LogP contribution in [0.4, 0.5) is 0 Å². The summed E-state index contributed by atoms with van der Waals surface area (Å²) in [7, 11) is 0. The summed E-state index contributed by atoms with van der Waals surface area (Å²) in [4.78, 5) is 17.3. The normalized spacial score (nSPS) is 16.0. The van der Waals surface area contributed by atoms with Gasteiger partial charge < -0.3 is 9.30 Å². The van der Waals surface area contributed by atoms with E-state index in [1.165, 1.54) is 22.3 Å². The number of amides is 1. The second-order valence-corrected chi connectivity index (χ2v) is 11.2. The Bertz CT molecular complexity index is 1670. The van der Waals surface area contributed by atoms with Crippen LogP contribution in [0.2, 0.25) is 0 Å². The molecule has 1 N–H and O–H groups in total. The van der Waals surface area contributed by atoms with Crippen LogP contribution in [-0.4, -0.2) is 37.5 Å². The molecule has 0 atom stereocenters. The predicted molar refractivity (Wildman–Crippen MR) is 161 cm³/mol. The molecule has 0 bridgehead atoms. The molecule has 6 rings (SSSR count). The van der Waals surface area contributed by atoms with Crippen LogP contribution in [0.3, 0.4) is 0 Å². The maximum atomic E-state index is 13.0. The number of thioether (sulfide) groups is 2. The maximum Gasteiger partial charge on any atom is 0.283 e. The number of rotatable bonds is 7. The molecule has 9 heteroatoms. The SMILES string of the molecule is Cc1ccccc1OCCn1cc(C=C2C(=N)N3N=C(SCc4ccccc4)SC3=NC2=O)c2ccccc21. The fourth-order valence-corrected chi connectivity index (χ4v) is 6.34. The predicted octanol–water partition coefficient (Wildman–Crippen LogP) is 6.54. The van der Waals surface area contributed by atoms with Crippen LogP contribution in [-0.2, 0) is 17.1 Å². The highest BCUT2D eigenvalue weighted by Gasteiger charge is 2.36. The molecule has 3 heterocycles. The third-order valence-corrected chi connectivity index (χ3v) is 8.56. The molecule has 1 aromatic heterocycles. The number of ether oxygens (including phenoxy) is 1. The van der Waals surface area contributed by atoms with Crippen molar-refractivity contribution in [3.8, 4) is 5.75 Å². The van der Waals surface area contributed by atoms with Crippen LogP contribution in [0.15, 0.2) is 101 Å². The van der Waals surface area contributed by atoms with Crippen molar-refractivity contribution >= 4 is 61.8 Å². The molecule has 39 heavy (non-hydrogen) atoms. The first-order chi connectivity index (χ1) is 19.1. The molecule has 0 spiro atoms. The number of hydrogen-bond acceptors (Lipinski definition) is 6. The monoisotopic (exact) mass is 551 g/mol. The van der Waals surface area contributed by atoms with Crippen molar-refractivity contribution in [2.75, 3.05) is 6.61 Å². The molecule has 0 fully saturated rings. The van der Waals surface area contributed by atoms with Crippen LogP contribution in [0.25, 0.3) is 17.0 Å². The Labute approximate surface area is 234 Å². The van der Waals surface area contributed by atoms with E-state index in [1.54, 1.807) is 17.8 Å². The van der Waals surface area contributed by atoms with Crippen LogP contribution in [0.5, 0.6) is 5.75 Å². The van der Waals surface area contributed by atoms with Gasteiger partial charge in [-0.3, -0.25) is 10.2 Å². The average molecular weight is 552 g/mol. The van der Waals surface area contributed by atoms with Gasteiger partial charge in [0.25, 0.3) is 5.91 Å². The zero-order chi connectivity index (χ0) is 26.8. The summed E-state index contributed by atoms with van der Waals surface area (Å²) in [5, 5.41) is 16.2. The smallest absolute Gasteiger partial charge is 0.283 e. The van der Waals surface area contributed by atoms with Gasteiger partial charge >= 0.3 is 0 Å². The first-order valence-corrected chi connectivity index (χ1v) is 14.3. The lowest BCUT2D eigenvalue weighted by Crippen LogP contribution is -2.35. The molecule has 4 aromatic rings. The van der Waals surface area contributed by atoms with Crippen molar-refractivity contribution in [2.24, 2.45) is 10.1 Å². The molecule has 0 aliphatic carbocycles. The molecule has 2 aliphatic heterocycles. The van der Waals surface area contributed by atoms with E-state index in [2.05, 4.69) is 26.8 Å². The Kier molecular flexibility index (Phi) is 7.08. The third-order valence-electron chi connectivity index (χ3n) is 6.44. The van der Waals surface area contributed by atoms with Gasteiger partial charge in [-0.1, -0.05) is 78.5 Å². The van der Waals surface area contributed by atoms with E-state index in [4.69, 9.17) is 10.1 Å². The first kappa shape index (κ1) is 25.2. The number of nitrogens with one attached hydrogen (secondary N) is 1. The lowest BCUT2D eigenvalue weighted by atomic mass is 10.1. The number of nitrogens with zero attached hydrogens (tertiary/aromatic N) is 4. The van der Waals surface area contributed by atoms with Crippen molar-refractivity contribution in [2.45, 2.75) is 19.2 Å². The highest BCUT2D eigenvalue weighted by Crippen LogP contribution is 2.34. The second-order valence-electron chi connectivity index (χ2n) is 9.07. The van der Waals surface area contributed by atoms with Gasteiger partial charge in [0.05, 0.1) is 12.1 Å². The lowest BCUT2D eigenvalue weighted by Gasteiger charge is -2.20. The van der Waals surface area contributed by atoms with Crippen LogP contribution in [0, 0.1) is 12.3 Å². The number of aliphatic imine (C=N–C) groups is 1. The topological polar surface area (TPSA) is 83.0 Å². The summed E-state index contributed by atoms with van der Waals surface area (Å²) in [6, 6.07) is 26.1. The van der Waals surface area contributed by atoms with Crippen molar-refractivity contribution in [3.05, 3.63) is 107 Å². The van der Waals surface area contributed by atoms with E-state index in [1.807, 2.05) is 79.9 Å². The fraction of sp³-hybridized carbons (Fsp3) is 0.133. The number of aromatic nitrogens is 1. The Morgan fingerprint density at radius 3 is 2.64 bits per heavy atom. The summed E-state index contributed by atoms with van der Waals surface area (Å²) < 4.78 is 8.90. The number of hydrogen-bond donors (Lipinski definition) is 1. The van der Waals surface area contributed by atoms with Gasteiger partial charge in [-0.2, -0.15) is 10.0 Å². The van der Waals surface area contributed by atoms with Crippen molar-refractivity contribution in [3.63, 3.8) is 0 Å². The van der Waals surface area contributed by atoms with Gasteiger partial charge in [-0.25, -0.2) is 0 Å². The zero-order valence-corrected chi connectivity index (χ0v) is 22.8.